The summed E-state index contributed by atoms with van der Waals surface area (Å²) in [5.74, 6) is 0.800. The van der Waals surface area contributed by atoms with E-state index >= 15 is 0 Å². The van der Waals surface area contributed by atoms with Crippen LogP contribution in [0.25, 0.3) is 0 Å². The summed E-state index contributed by atoms with van der Waals surface area (Å²) in [4.78, 5) is 0. The lowest BCUT2D eigenvalue weighted by atomic mass is 10.1. The summed E-state index contributed by atoms with van der Waals surface area (Å²) in [6.45, 7) is 3.08. The van der Waals surface area contributed by atoms with Crippen LogP contribution in [0.3, 0.4) is 0 Å². The fourth-order valence-corrected chi connectivity index (χ4v) is 4.60. The maximum Gasteiger partial charge on any atom is 0.214 e. The van der Waals surface area contributed by atoms with Gasteiger partial charge >= 0.3 is 0 Å². The van der Waals surface area contributed by atoms with Crippen LogP contribution in [-0.2, 0) is 10.0 Å². The van der Waals surface area contributed by atoms with Gasteiger partial charge in [-0.05, 0) is 31.7 Å². The van der Waals surface area contributed by atoms with Gasteiger partial charge in [-0.25, -0.2) is 12.7 Å². The third-order valence-electron chi connectivity index (χ3n) is 3.61. The second-order valence-corrected chi connectivity index (χ2v) is 6.95. The van der Waals surface area contributed by atoms with Gasteiger partial charge in [0.2, 0.25) is 10.0 Å². The molecule has 0 radical (unpaired) electrons. The Morgan fingerprint density at radius 2 is 1.81 bits per heavy atom. The van der Waals surface area contributed by atoms with E-state index < -0.39 is 10.0 Å². The van der Waals surface area contributed by atoms with Crippen molar-refractivity contribution < 1.29 is 8.42 Å². The van der Waals surface area contributed by atoms with Crippen LogP contribution in [0, 0.1) is 5.92 Å². The van der Waals surface area contributed by atoms with E-state index in [2.05, 4.69) is 5.32 Å². The lowest BCUT2D eigenvalue weighted by Gasteiger charge is -2.21. The van der Waals surface area contributed by atoms with Crippen LogP contribution in [0.1, 0.15) is 32.1 Å². The minimum absolute atomic E-state index is 0.382. The van der Waals surface area contributed by atoms with E-state index in [9.17, 15) is 8.42 Å². The summed E-state index contributed by atoms with van der Waals surface area (Å²) >= 11 is 0. The van der Waals surface area contributed by atoms with Crippen molar-refractivity contribution in [1.29, 1.82) is 0 Å². The SMILES string of the molecule is O=S(=O)(CC1CCCC1)N1CCCNCC1. The summed E-state index contributed by atoms with van der Waals surface area (Å²) in [6, 6.07) is 0. The Labute approximate surface area is 98.4 Å². The van der Waals surface area contributed by atoms with E-state index in [1.165, 1.54) is 12.8 Å². The van der Waals surface area contributed by atoms with Crippen molar-refractivity contribution in [3.05, 3.63) is 0 Å². The number of hydrogen-bond acceptors (Lipinski definition) is 3. The number of rotatable bonds is 3. The summed E-state index contributed by atoms with van der Waals surface area (Å²) in [7, 11) is -3.00. The van der Waals surface area contributed by atoms with Gasteiger partial charge in [0.25, 0.3) is 0 Å². The zero-order valence-electron chi connectivity index (χ0n) is 9.82. The van der Waals surface area contributed by atoms with Gasteiger partial charge in [-0.3, -0.25) is 0 Å². The highest BCUT2D eigenvalue weighted by molar-refractivity contribution is 7.89. The molecule has 1 aliphatic carbocycles. The van der Waals surface area contributed by atoms with Crippen molar-refractivity contribution in [2.24, 2.45) is 5.92 Å². The Bertz CT molecular complexity index is 302. The quantitative estimate of drug-likeness (QED) is 0.801. The van der Waals surface area contributed by atoms with Crippen molar-refractivity contribution in [1.82, 2.24) is 9.62 Å². The average Bonchev–Trinajstić information content (AvgIpc) is 2.56. The molecule has 1 heterocycles. The molecule has 5 heteroatoms. The van der Waals surface area contributed by atoms with E-state index in [4.69, 9.17) is 0 Å². The molecule has 0 aromatic heterocycles. The Morgan fingerprint density at radius 1 is 1.06 bits per heavy atom. The maximum absolute atomic E-state index is 12.2. The van der Waals surface area contributed by atoms with Gasteiger partial charge in [0, 0.05) is 19.6 Å². The van der Waals surface area contributed by atoms with Crippen LogP contribution in [0.5, 0.6) is 0 Å². The average molecular weight is 246 g/mol. The molecule has 0 amide bonds. The molecule has 1 N–H and O–H groups in total. The number of sulfonamides is 1. The molecular formula is C11H22N2O2S. The Morgan fingerprint density at radius 3 is 2.56 bits per heavy atom. The van der Waals surface area contributed by atoms with Crippen molar-refractivity contribution in [3.63, 3.8) is 0 Å². The van der Waals surface area contributed by atoms with Crippen LogP contribution in [0.15, 0.2) is 0 Å². The van der Waals surface area contributed by atoms with Gasteiger partial charge in [0.15, 0.2) is 0 Å². The lowest BCUT2D eigenvalue weighted by molar-refractivity contribution is 0.423. The molecule has 0 bridgehead atoms. The molecule has 1 saturated heterocycles. The van der Waals surface area contributed by atoms with Crippen LogP contribution in [0.4, 0.5) is 0 Å². The smallest absolute Gasteiger partial charge is 0.214 e. The van der Waals surface area contributed by atoms with E-state index in [0.29, 0.717) is 24.8 Å². The fraction of sp³-hybridized carbons (Fsp3) is 1.00. The largest absolute Gasteiger partial charge is 0.315 e. The number of nitrogens with one attached hydrogen (secondary N) is 1. The second kappa shape index (κ2) is 5.47. The van der Waals surface area contributed by atoms with Gasteiger partial charge in [0.1, 0.15) is 0 Å². The molecule has 0 aromatic carbocycles. The Hall–Kier alpha value is -0.130. The van der Waals surface area contributed by atoms with Crippen molar-refractivity contribution >= 4 is 10.0 Å². The Balaban J connectivity index is 1.93. The molecule has 0 atom stereocenters. The normalized spacial score (nSPS) is 25.8. The highest BCUT2D eigenvalue weighted by atomic mass is 32.2. The van der Waals surface area contributed by atoms with E-state index in [1.54, 1.807) is 4.31 Å². The maximum atomic E-state index is 12.2. The first-order valence-electron chi connectivity index (χ1n) is 6.37. The zero-order chi connectivity index (χ0) is 11.4. The van der Waals surface area contributed by atoms with Crippen LogP contribution in [-0.4, -0.2) is 44.7 Å². The fourth-order valence-electron chi connectivity index (χ4n) is 2.68. The predicted octanol–water partition coefficient (Wildman–Crippen LogP) is 0.802. The van der Waals surface area contributed by atoms with Gasteiger partial charge in [-0.2, -0.15) is 0 Å². The van der Waals surface area contributed by atoms with Crippen LogP contribution < -0.4 is 5.32 Å². The van der Waals surface area contributed by atoms with Crippen LogP contribution in [0.2, 0.25) is 0 Å². The van der Waals surface area contributed by atoms with Gasteiger partial charge in [0.05, 0.1) is 5.75 Å². The van der Waals surface area contributed by atoms with Gasteiger partial charge in [-0.15, -0.1) is 0 Å². The first kappa shape index (κ1) is 12.3. The third-order valence-corrected chi connectivity index (χ3v) is 5.66. The number of hydrogen-bond donors (Lipinski definition) is 1. The van der Waals surface area contributed by atoms with Gasteiger partial charge < -0.3 is 5.32 Å². The van der Waals surface area contributed by atoms with Crippen molar-refractivity contribution in [2.75, 3.05) is 31.9 Å². The zero-order valence-corrected chi connectivity index (χ0v) is 10.6. The minimum atomic E-state index is -3.00. The number of nitrogens with zero attached hydrogens (tertiary/aromatic N) is 1. The molecule has 16 heavy (non-hydrogen) atoms. The first-order valence-corrected chi connectivity index (χ1v) is 7.98. The van der Waals surface area contributed by atoms with E-state index in [1.807, 2.05) is 0 Å². The highest BCUT2D eigenvalue weighted by Crippen LogP contribution is 2.26. The minimum Gasteiger partial charge on any atom is -0.315 e. The Kier molecular flexibility index (Phi) is 4.21. The third kappa shape index (κ3) is 3.18. The molecule has 4 nitrogen and oxygen atoms in total. The first-order chi connectivity index (χ1) is 7.68. The highest BCUT2D eigenvalue weighted by Gasteiger charge is 2.28. The summed E-state index contributed by atoms with van der Waals surface area (Å²) in [6.07, 6.45) is 5.56. The molecule has 2 aliphatic rings. The standard InChI is InChI=1S/C11H22N2O2S/c14-16(15,10-11-4-1-2-5-11)13-8-3-6-12-7-9-13/h11-12H,1-10H2. The molecule has 2 fully saturated rings. The topological polar surface area (TPSA) is 49.4 Å². The van der Waals surface area contributed by atoms with Crippen LogP contribution >= 0.6 is 0 Å². The van der Waals surface area contributed by atoms with E-state index in [-0.39, 0.29) is 0 Å². The molecule has 0 aromatic rings. The lowest BCUT2D eigenvalue weighted by Crippen LogP contribution is -2.37. The van der Waals surface area contributed by atoms with Crippen molar-refractivity contribution in [3.8, 4) is 0 Å². The summed E-state index contributed by atoms with van der Waals surface area (Å²) in [5.41, 5.74) is 0. The monoisotopic (exact) mass is 246 g/mol. The van der Waals surface area contributed by atoms with Gasteiger partial charge in [-0.1, -0.05) is 12.8 Å². The molecule has 94 valence electrons. The van der Waals surface area contributed by atoms with Crippen molar-refractivity contribution in [2.45, 2.75) is 32.1 Å². The second-order valence-electron chi connectivity index (χ2n) is 4.93. The molecular weight excluding hydrogens is 224 g/mol. The summed E-state index contributed by atoms with van der Waals surface area (Å²) < 4.78 is 26.1. The molecule has 2 rings (SSSR count). The molecule has 0 unspecified atom stereocenters. The molecule has 1 aliphatic heterocycles. The summed E-state index contributed by atoms with van der Waals surface area (Å²) in [5, 5.41) is 3.24. The molecule has 0 spiro atoms. The predicted molar refractivity (Wildman–Crippen MR) is 64.8 cm³/mol. The molecule has 1 saturated carbocycles. The van der Waals surface area contributed by atoms with E-state index in [0.717, 1.165) is 32.4 Å².